The quantitative estimate of drug-likeness (QED) is 0.693. The lowest BCUT2D eigenvalue weighted by Crippen LogP contribution is -2.36. The molecule has 3 heterocycles. The molecule has 0 aliphatic carbocycles. The minimum Gasteiger partial charge on any atom is -0.378 e. The number of nitrogens with one attached hydrogen (secondary N) is 2. The first kappa shape index (κ1) is 18.0. The summed E-state index contributed by atoms with van der Waals surface area (Å²) in [6, 6.07) is 12.9. The van der Waals surface area contributed by atoms with Gasteiger partial charge in [0, 0.05) is 37.3 Å². The summed E-state index contributed by atoms with van der Waals surface area (Å²) in [7, 11) is 0. The van der Waals surface area contributed by atoms with E-state index in [1.807, 2.05) is 0 Å². The van der Waals surface area contributed by atoms with E-state index in [0.29, 0.717) is 6.54 Å². The van der Waals surface area contributed by atoms with Gasteiger partial charge in [-0.2, -0.15) is 0 Å². The molecule has 0 bridgehead atoms. The molecule has 29 heavy (non-hydrogen) atoms. The molecule has 0 amide bonds. The van der Waals surface area contributed by atoms with Gasteiger partial charge >= 0.3 is 0 Å². The first-order valence-electron chi connectivity index (χ1n) is 10.3. The van der Waals surface area contributed by atoms with Gasteiger partial charge in [-0.1, -0.05) is 18.2 Å². The predicted octanol–water partition coefficient (Wildman–Crippen LogP) is 3.29. The highest BCUT2D eigenvalue weighted by molar-refractivity contribution is 5.97. The van der Waals surface area contributed by atoms with Crippen molar-refractivity contribution in [2.24, 2.45) is 0 Å². The first-order valence-corrected chi connectivity index (χ1v) is 10.3. The second-order valence-electron chi connectivity index (χ2n) is 7.38. The lowest BCUT2D eigenvalue weighted by molar-refractivity contribution is 0.122. The van der Waals surface area contributed by atoms with Crippen molar-refractivity contribution in [3.05, 3.63) is 48.3 Å². The Morgan fingerprint density at radius 1 is 1.10 bits per heavy atom. The Hall–Kier alpha value is -3.06. The zero-order chi connectivity index (χ0) is 19.6. The van der Waals surface area contributed by atoms with Crippen LogP contribution in [0.15, 0.2) is 42.7 Å². The Kier molecular flexibility index (Phi) is 4.81. The number of hydrogen-bond acceptors (Lipinski definition) is 7. The molecule has 2 aliphatic rings. The van der Waals surface area contributed by atoms with Gasteiger partial charge in [-0.15, -0.1) is 0 Å². The molecule has 2 N–H and O–H groups in total. The van der Waals surface area contributed by atoms with E-state index in [2.05, 4.69) is 73.7 Å². The Balaban J connectivity index is 1.42. The third-order valence-electron chi connectivity index (χ3n) is 5.73. The lowest BCUT2D eigenvalue weighted by Gasteiger charge is -2.30. The number of para-hydroxylation sites is 1. The van der Waals surface area contributed by atoms with Crippen LogP contribution in [-0.4, -0.2) is 49.5 Å². The number of benzene rings is 2. The summed E-state index contributed by atoms with van der Waals surface area (Å²) in [6.45, 7) is 8.12. The summed E-state index contributed by atoms with van der Waals surface area (Å²) >= 11 is 0. The zero-order valence-corrected chi connectivity index (χ0v) is 16.7. The third-order valence-corrected chi connectivity index (χ3v) is 5.73. The highest BCUT2D eigenvalue weighted by atomic mass is 16.5. The van der Waals surface area contributed by atoms with E-state index in [1.165, 1.54) is 16.9 Å². The SMILES string of the molecule is CCN1CNc2cc3c(NCc4ccccc4N4CCOCC4)ncnc3cc21. The Bertz CT molecular complexity index is 1020. The van der Waals surface area contributed by atoms with Crippen LogP contribution < -0.4 is 20.4 Å². The van der Waals surface area contributed by atoms with Crippen molar-refractivity contribution in [2.75, 3.05) is 60.0 Å². The van der Waals surface area contributed by atoms with E-state index < -0.39 is 0 Å². The second-order valence-corrected chi connectivity index (χ2v) is 7.38. The average molecular weight is 390 g/mol. The van der Waals surface area contributed by atoms with Crippen LogP contribution in [0, 0.1) is 0 Å². The third kappa shape index (κ3) is 3.42. The summed E-state index contributed by atoms with van der Waals surface area (Å²) in [5, 5.41) is 8.06. The summed E-state index contributed by atoms with van der Waals surface area (Å²) in [5.41, 5.74) is 5.85. The lowest BCUT2D eigenvalue weighted by atomic mass is 10.1. The molecular formula is C22H26N6O. The molecule has 2 aromatic carbocycles. The number of ether oxygens (including phenoxy) is 1. The molecule has 2 aliphatic heterocycles. The van der Waals surface area contributed by atoms with Crippen molar-refractivity contribution >= 4 is 33.8 Å². The molecular weight excluding hydrogens is 364 g/mol. The summed E-state index contributed by atoms with van der Waals surface area (Å²) in [5.74, 6) is 0.867. The number of fused-ring (bicyclic) bond motifs is 2. The summed E-state index contributed by atoms with van der Waals surface area (Å²) in [4.78, 5) is 13.7. The molecule has 7 nitrogen and oxygen atoms in total. The summed E-state index contributed by atoms with van der Waals surface area (Å²) < 4.78 is 5.51. The number of morpholine rings is 1. The molecule has 3 aromatic rings. The second kappa shape index (κ2) is 7.75. The molecule has 1 saturated heterocycles. The van der Waals surface area contributed by atoms with E-state index >= 15 is 0 Å². The highest BCUT2D eigenvalue weighted by Gasteiger charge is 2.19. The van der Waals surface area contributed by atoms with Gasteiger partial charge in [-0.05, 0) is 30.7 Å². The Morgan fingerprint density at radius 3 is 2.83 bits per heavy atom. The molecule has 1 fully saturated rings. The number of nitrogens with zero attached hydrogens (tertiary/aromatic N) is 4. The molecule has 5 rings (SSSR count). The van der Waals surface area contributed by atoms with E-state index in [0.717, 1.165) is 61.9 Å². The Morgan fingerprint density at radius 2 is 1.97 bits per heavy atom. The van der Waals surface area contributed by atoms with E-state index in [1.54, 1.807) is 6.33 Å². The Labute approximate surface area is 170 Å². The van der Waals surface area contributed by atoms with Crippen molar-refractivity contribution in [1.29, 1.82) is 0 Å². The van der Waals surface area contributed by atoms with Crippen LogP contribution in [0.2, 0.25) is 0 Å². The minimum absolute atomic E-state index is 0.714. The molecule has 7 heteroatoms. The smallest absolute Gasteiger partial charge is 0.137 e. The maximum absolute atomic E-state index is 5.51. The van der Waals surface area contributed by atoms with Crippen molar-refractivity contribution in [3.8, 4) is 0 Å². The number of hydrogen-bond donors (Lipinski definition) is 2. The zero-order valence-electron chi connectivity index (χ0n) is 16.7. The fourth-order valence-corrected chi connectivity index (χ4v) is 4.14. The molecule has 0 saturated carbocycles. The molecule has 0 atom stereocenters. The fourth-order valence-electron chi connectivity index (χ4n) is 4.14. The van der Waals surface area contributed by atoms with E-state index in [-0.39, 0.29) is 0 Å². The van der Waals surface area contributed by atoms with Crippen LogP contribution in [0.25, 0.3) is 10.9 Å². The van der Waals surface area contributed by atoms with Crippen LogP contribution >= 0.6 is 0 Å². The number of rotatable bonds is 5. The average Bonchev–Trinajstić information content (AvgIpc) is 3.19. The molecule has 0 radical (unpaired) electrons. The molecule has 1 aromatic heterocycles. The standard InChI is InChI=1S/C22H26N6O/c1-2-27-15-26-19-11-17-18(12-21(19)27)24-14-25-22(17)23-13-16-5-3-4-6-20(16)28-7-9-29-10-8-28/h3-6,11-12,14,26H,2,7-10,13,15H2,1H3,(H,23,24,25). The maximum atomic E-state index is 5.51. The largest absolute Gasteiger partial charge is 0.378 e. The van der Waals surface area contributed by atoms with Gasteiger partial charge in [0.05, 0.1) is 36.8 Å². The van der Waals surface area contributed by atoms with Crippen LogP contribution in [0.3, 0.4) is 0 Å². The van der Waals surface area contributed by atoms with Gasteiger partial charge in [-0.25, -0.2) is 9.97 Å². The summed E-state index contributed by atoms with van der Waals surface area (Å²) in [6.07, 6.45) is 1.64. The normalized spacial score (nSPS) is 16.0. The van der Waals surface area contributed by atoms with Gasteiger partial charge in [0.1, 0.15) is 12.1 Å². The van der Waals surface area contributed by atoms with Crippen molar-refractivity contribution in [1.82, 2.24) is 9.97 Å². The minimum atomic E-state index is 0.714. The van der Waals surface area contributed by atoms with E-state index in [9.17, 15) is 0 Å². The fraction of sp³-hybridized carbons (Fsp3) is 0.364. The monoisotopic (exact) mass is 390 g/mol. The van der Waals surface area contributed by atoms with E-state index in [4.69, 9.17) is 4.74 Å². The van der Waals surface area contributed by atoms with Gasteiger partial charge in [-0.3, -0.25) is 0 Å². The van der Waals surface area contributed by atoms with Crippen LogP contribution in [0.1, 0.15) is 12.5 Å². The van der Waals surface area contributed by atoms with Gasteiger partial charge < -0.3 is 25.2 Å². The molecule has 0 unspecified atom stereocenters. The number of anilines is 4. The molecule has 0 spiro atoms. The van der Waals surface area contributed by atoms with Crippen molar-refractivity contribution in [2.45, 2.75) is 13.5 Å². The maximum Gasteiger partial charge on any atom is 0.137 e. The molecule has 150 valence electrons. The number of aromatic nitrogens is 2. The predicted molar refractivity (Wildman–Crippen MR) is 118 cm³/mol. The van der Waals surface area contributed by atoms with Gasteiger partial charge in [0.2, 0.25) is 0 Å². The van der Waals surface area contributed by atoms with Crippen LogP contribution in [0.5, 0.6) is 0 Å². The topological polar surface area (TPSA) is 65.5 Å². The van der Waals surface area contributed by atoms with Crippen LogP contribution in [0.4, 0.5) is 22.9 Å². The first-order chi connectivity index (χ1) is 14.3. The van der Waals surface area contributed by atoms with Gasteiger partial charge in [0.15, 0.2) is 0 Å². The van der Waals surface area contributed by atoms with Crippen molar-refractivity contribution in [3.63, 3.8) is 0 Å². The van der Waals surface area contributed by atoms with Gasteiger partial charge in [0.25, 0.3) is 0 Å². The van der Waals surface area contributed by atoms with Crippen LogP contribution in [-0.2, 0) is 11.3 Å². The highest BCUT2D eigenvalue weighted by Crippen LogP contribution is 2.36. The van der Waals surface area contributed by atoms with Crippen molar-refractivity contribution < 1.29 is 4.74 Å².